The van der Waals surface area contributed by atoms with Gasteiger partial charge >= 0.3 is 11.9 Å². The molecule has 1 N–H and O–H groups in total. The Morgan fingerprint density at radius 3 is 2.11 bits per heavy atom. The Kier molecular flexibility index (Phi) is 6.76. The molecule has 0 aliphatic heterocycles. The van der Waals surface area contributed by atoms with Crippen LogP contribution in [0, 0.1) is 0 Å². The summed E-state index contributed by atoms with van der Waals surface area (Å²) in [5.41, 5.74) is 0.625. The van der Waals surface area contributed by atoms with Crippen molar-refractivity contribution in [1.29, 1.82) is 0 Å². The second kappa shape index (κ2) is 9.23. The Hall–Kier alpha value is -3.55. The zero-order valence-corrected chi connectivity index (χ0v) is 15.1. The first kappa shape index (κ1) is 19.8. The molecule has 0 aliphatic rings. The predicted octanol–water partition coefficient (Wildman–Crippen LogP) is 2.29. The minimum Gasteiger partial charge on any atom is -0.497 e. The van der Waals surface area contributed by atoms with Crippen LogP contribution < -0.4 is 14.8 Å². The van der Waals surface area contributed by atoms with E-state index in [4.69, 9.17) is 14.2 Å². The molecule has 1 amide bonds. The van der Waals surface area contributed by atoms with Gasteiger partial charge < -0.3 is 24.3 Å². The molecule has 0 aliphatic carbocycles. The molecule has 8 heteroatoms. The number of carbonyl (C=O) groups excluding carboxylic acids is 3. The van der Waals surface area contributed by atoms with Gasteiger partial charge in [0.15, 0.2) is 6.61 Å². The third-order valence-corrected chi connectivity index (χ3v) is 3.53. The van der Waals surface area contributed by atoms with Crippen molar-refractivity contribution in [2.24, 2.45) is 0 Å². The minimum atomic E-state index is -0.719. The fourth-order valence-electron chi connectivity index (χ4n) is 2.21. The summed E-state index contributed by atoms with van der Waals surface area (Å²) < 4.78 is 19.8. The maximum Gasteiger partial charge on any atom is 0.339 e. The highest BCUT2D eigenvalue weighted by molar-refractivity contribution is 6.02. The van der Waals surface area contributed by atoms with Crippen molar-refractivity contribution < 1.29 is 33.3 Å². The summed E-state index contributed by atoms with van der Waals surface area (Å²) in [6.07, 6.45) is 0. The third kappa shape index (κ3) is 5.21. The molecule has 0 aromatic heterocycles. The van der Waals surface area contributed by atoms with Gasteiger partial charge in [-0.15, -0.1) is 0 Å². The highest BCUT2D eigenvalue weighted by atomic mass is 16.5. The Balaban J connectivity index is 2.02. The summed E-state index contributed by atoms with van der Waals surface area (Å²) in [4.78, 5) is 35.9. The predicted molar refractivity (Wildman–Crippen MR) is 96.2 cm³/mol. The van der Waals surface area contributed by atoms with Crippen molar-refractivity contribution in [3.05, 3.63) is 53.6 Å². The van der Waals surface area contributed by atoms with E-state index in [2.05, 4.69) is 10.1 Å². The lowest BCUT2D eigenvalue weighted by molar-refractivity contribution is -0.119. The van der Waals surface area contributed by atoms with E-state index in [0.29, 0.717) is 11.5 Å². The summed E-state index contributed by atoms with van der Waals surface area (Å²) in [5.74, 6) is -1.08. The summed E-state index contributed by atoms with van der Waals surface area (Å²) >= 11 is 0. The van der Waals surface area contributed by atoms with Crippen LogP contribution in [0.5, 0.6) is 11.5 Å². The first-order valence-electron chi connectivity index (χ1n) is 7.86. The van der Waals surface area contributed by atoms with Gasteiger partial charge in [-0.05, 0) is 24.3 Å². The smallest absolute Gasteiger partial charge is 0.339 e. The molecule has 0 saturated carbocycles. The van der Waals surface area contributed by atoms with Crippen LogP contribution in [-0.2, 0) is 14.3 Å². The Labute approximate surface area is 156 Å². The second-order valence-electron chi connectivity index (χ2n) is 5.26. The first-order valence-corrected chi connectivity index (χ1v) is 7.86. The maximum atomic E-state index is 12.2. The van der Waals surface area contributed by atoms with E-state index in [0.717, 1.165) is 0 Å². The van der Waals surface area contributed by atoms with Gasteiger partial charge in [0.1, 0.15) is 11.5 Å². The number of esters is 2. The van der Waals surface area contributed by atoms with Crippen LogP contribution in [0.4, 0.5) is 5.69 Å². The molecule has 0 heterocycles. The molecule has 0 saturated heterocycles. The van der Waals surface area contributed by atoms with Crippen molar-refractivity contribution in [2.45, 2.75) is 0 Å². The van der Waals surface area contributed by atoms with Gasteiger partial charge in [0, 0.05) is 6.07 Å². The summed E-state index contributed by atoms with van der Waals surface area (Å²) in [5, 5.41) is 2.51. The van der Waals surface area contributed by atoms with Crippen LogP contribution in [0.3, 0.4) is 0 Å². The summed E-state index contributed by atoms with van der Waals surface area (Å²) in [6, 6.07) is 10.9. The average Bonchev–Trinajstić information content (AvgIpc) is 2.71. The quantitative estimate of drug-likeness (QED) is 0.743. The zero-order valence-electron chi connectivity index (χ0n) is 15.1. The highest BCUT2D eigenvalue weighted by Crippen LogP contribution is 2.23. The summed E-state index contributed by atoms with van der Waals surface area (Å²) in [6.45, 7) is -0.534. The van der Waals surface area contributed by atoms with Crippen LogP contribution in [0.2, 0.25) is 0 Å². The van der Waals surface area contributed by atoms with Gasteiger partial charge in [0.05, 0.1) is 38.1 Å². The van der Waals surface area contributed by atoms with Crippen LogP contribution in [0.1, 0.15) is 20.7 Å². The van der Waals surface area contributed by atoms with E-state index < -0.39 is 24.5 Å². The number of rotatable bonds is 7. The number of benzene rings is 2. The number of carbonyl (C=O) groups is 3. The fourth-order valence-corrected chi connectivity index (χ4v) is 2.21. The van der Waals surface area contributed by atoms with E-state index in [1.54, 1.807) is 24.3 Å². The lowest BCUT2D eigenvalue weighted by Gasteiger charge is -2.11. The van der Waals surface area contributed by atoms with E-state index in [-0.39, 0.29) is 16.8 Å². The molecule has 142 valence electrons. The molecule has 27 heavy (non-hydrogen) atoms. The number of hydrogen-bond donors (Lipinski definition) is 1. The molecule has 8 nitrogen and oxygen atoms in total. The SMILES string of the molecule is COC(=O)c1ccccc1NC(=O)COC(=O)c1cc(OC)cc(OC)c1. The van der Waals surface area contributed by atoms with Crippen LogP contribution in [-0.4, -0.2) is 45.8 Å². The molecule has 2 aromatic rings. The number of para-hydroxylation sites is 1. The van der Waals surface area contributed by atoms with Gasteiger partial charge in [-0.25, -0.2) is 9.59 Å². The molecule has 0 spiro atoms. The molecule has 0 bridgehead atoms. The van der Waals surface area contributed by atoms with Crippen molar-refractivity contribution in [1.82, 2.24) is 0 Å². The molecule has 0 fully saturated rings. The lowest BCUT2D eigenvalue weighted by atomic mass is 10.2. The van der Waals surface area contributed by atoms with Crippen LogP contribution >= 0.6 is 0 Å². The number of methoxy groups -OCH3 is 3. The maximum absolute atomic E-state index is 12.2. The monoisotopic (exact) mass is 373 g/mol. The van der Waals surface area contributed by atoms with Crippen LogP contribution in [0.25, 0.3) is 0 Å². The van der Waals surface area contributed by atoms with Crippen molar-refractivity contribution in [3.63, 3.8) is 0 Å². The van der Waals surface area contributed by atoms with Crippen molar-refractivity contribution in [3.8, 4) is 11.5 Å². The fraction of sp³-hybridized carbons (Fsp3) is 0.211. The number of amides is 1. The normalized spacial score (nSPS) is 9.89. The molecule has 0 unspecified atom stereocenters. The number of hydrogen-bond acceptors (Lipinski definition) is 7. The lowest BCUT2D eigenvalue weighted by Crippen LogP contribution is -2.22. The Bertz CT molecular complexity index is 825. The first-order chi connectivity index (χ1) is 13.0. The largest absolute Gasteiger partial charge is 0.497 e. The van der Waals surface area contributed by atoms with Gasteiger partial charge in [0.25, 0.3) is 5.91 Å². The second-order valence-corrected chi connectivity index (χ2v) is 5.26. The molecule has 2 rings (SSSR count). The summed E-state index contributed by atoms with van der Waals surface area (Å²) in [7, 11) is 4.15. The highest BCUT2D eigenvalue weighted by Gasteiger charge is 2.16. The molecule has 2 aromatic carbocycles. The number of ether oxygens (including phenoxy) is 4. The van der Waals surface area contributed by atoms with Crippen molar-refractivity contribution in [2.75, 3.05) is 33.3 Å². The van der Waals surface area contributed by atoms with E-state index in [9.17, 15) is 14.4 Å². The molecule has 0 radical (unpaired) electrons. The standard InChI is InChI=1S/C19H19NO7/c1-24-13-8-12(9-14(10-13)25-2)18(22)27-11-17(21)20-16-7-5-4-6-15(16)19(23)26-3/h4-10H,11H2,1-3H3,(H,20,21). The molecular weight excluding hydrogens is 354 g/mol. The zero-order chi connectivity index (χ0) is 19.8. The van der Waals surface area contributed by atoms with Crippen molar-refractivity contribution >= 4 is 23.5 Å². The van der Waals surface area contributed by atoms with Gasteiger partial charge in [0.2, 0.25) is 0 Å². The minimum absolute atomic E-state index is 0.175. The molecule has 0 atom stereocenters. The van der Waals surface area contributed by atoms with E-state index in [1.165, 1.54) is 39.5 Å². The third-order valence-electron chi connectivity index (χ3n) is 3.53. The van der Waals surface area contributed by atoms with Gasteiger partial charge in [-0.2, -0.15) is 0 Å². The average molecular weight is 373 g/mol. The topological polar surface area (TPSA) is 100 Å². The number of anilines is 1. The van der Waals surface area contributed by atoms with Gasteiger partial charge in [-0.1, -0.05) is 12.1 Å². The Morgan fingerprint density at radius 2 is 1.52 bits per heavy atom. The van der Waals surface area contributed by atoms with Crippen LogP contribution in [0.15, 0.2) is 42.5 Å². The van der Waals surface area contributed by atoms with E-state index in [1.807, 2.05) is 0 Å². The molecular formula is C19H19NO7. The number of nitrogens with one attached hydrogen (secondary N) is 1. The van der Waals surface area contributed by atoms with E-state index >= 15 is 0 Å². The Morgan fingerprint density at radius 1 is 0.889 bits per heavy atom. The van der Waals surface area contributed by atoms with Gasteiger partial charge in [-0.3, -0.25) is 4.79 Å².